The van der Waals surface area contributed by atoms with Gasteiger partial charge in [0.05, 0.1) is 12.8 Å². The molecule has 0 bridgehead atoms. The maximum atomic E-state index is 11.5. The number of amides is 1. The van der Waals surface area contributed by atoms with Crippen LogP contribution in [0.3, 0.4) is 0 Å². The van der Waals surface area contributed by atoms with E-state index in [2.05, 4.69) is 10.3 Å². The van der Waals surface area contributed by atoms with E-state index in [1.807, 2.05) is 37.3 Å². The zero-order valence-electron chi connectivity index (χ0n) is 17.5. The van der Waals surface area contributed by atoms with Gasteiger partial charge in [0.25, 0.3) is 0 Å². The number of phenolic OH excluding ortho intramolecular Hbond substituents is 1. The normalized spacial score (nSPS) is 16.3. The smallest absolute Gasteiger partial charge is 0.219 e. The second kappa shape index (κ2) is 9.75. The number of furan rings is 1. The number of benzene rings is 2. The fourth-order valence-corrected chi connectivity index (χ4v) is 3.60. The van der Waals surface area contributed by atoms with Crippen LogP contribution in [0.1, 0.15) is 25.8 Å². The number of anilines is 1. The van der Waals surface area contributed by atoms with Gasteiger partial charge in [-0.3, -0.25) is 9.79 Å². The largest absolute Gasteiger partial charge is 0.504 e. The molecule has 2 aromatic carbocycles. The van der Waals surface area contributed by atoms with E-state index in [1.54, 1.807) is 30.2 Å². The molecule has 0 spiro atoms. The Balaban J connectivity index is 0.00000272. The Morgan fingerprint density at radius 1 is 1.29 bits per heavy atom. The summed E-state index contributed by atoms with van der Waals surface area (Å²) >= 11 is 0. The lowest BCUT2D eigenvalue weighted by Crippen LogP contribution is -2.28. The van der Waals surface area contributed by atoms with Crippen LogP contribution in [0, 0.1) is 0 Å². The van der Waals surface area contributed by atoms with Crippen molar-refractivity contribution < 1.29 is 19.1 Å². The Bertz CT molecular complexity index is 1100. The number of nitrogens with zero attached hydrogens (tertiary/aromatic N) is 2. The predicted octanol–water partition coefficient (Wildman–Crippen LogP) is 4.44. The zero-order chi connectivity index (χ0) is 21.1. The van der Waals surface area contributed by atoms with Gasteiger partial charge in [0.2, 0.25) is 5.91 Å². The first kappa shape index (κ1) is 22.5. The molecule has 2 N–H and O–H groups in total. The van der Waals surface area contributed by atoms with Crippen molar-refractivity contribution in [3.05, 3.63) is 54.3 Å². The fraction of sp³-hybridized carbons (Fsp3) is 0.304. The molecule has 0 saturated carbocycles. The maximum absolute atomic E-state index is 11.5. The van der Waals surface area contributed by atoms with Crippen LogP contribution in [0.5, 0.6) is 11.5 Å². The number of ether oxygens (including phenoxy) is 1. The van der Waals surface area contributed by atoms with Crippen molar-refractivity contribution in [2.75, 3.05) is 25.0 Å². The van der Waals surface area contributed by atoms with Gasteiger partial charge in [0, 0.05) is 49.1 Å². The molecular formula is C23H26ClN3O4. The third-order valence-electron chi connectivity index (χ3n) is 5.15. The average Bonchev–Trinajstić information content (AvgIpc) is 3.38. The van der Waals surface area contributed by atoms with E-state index in [4.69, 9.17) is 9.15 Å². The molecule has 31 heavy (non-hydrogen) atoms. The molecule has 1 fully saturated rings. The summed E-state index contributed by atoms with van der Waals surface area (Å²) in [5.41, 5.74) is 2.46. The van der Waals surface area contributed by atoms with Crippen LogP contribution in [0.4, 0.5) is 5.69 Å². The number of nitrogens with one attached hydrogen (secondary N) is 1. The summed E-state index contributed by atoms with van der Waals surface area (Å²) in [6.07, 6.45) is 2.30. The van der Waals surface area contributed by atoms with E-state index >= 15 is 0 Å². The van der Waals surface area contributed by atoms with Crippen LogP contribution in [-0.2, 0) is 4.79 Å². The summed E-state index contributed by atoms with van der Waals surface area (Å²) < 4.78 is 11.3. The summed E-state index contributed by atoms with van der Waals surface area (Å²) in [5, 5.41) is 14.7. The van der Waals surface area contributed by atoms with Crippen LogP contribution >= 0.6 is 12.4 Å². The number of aliphatic imine (C=N–C) groups is 1. The van der Waals surface area contributed by atoms with Crippen LogP contribution in [0.2, 0.25) is 0 Å². The number of hydrogen-bond acceptors (Lipinski definition) is 5. The number of carbonyl (C=O) groups is 1. The summed E-state index contributed by atoms with van der Waals surface area (Å²) in [4.78, 5) is 17.8. The molecule has 164 valence electrons. The molecule has 4 rings (SSSR count). The lowest BCUT2D eigenvalue weighted by atomic mass is 10.1. The summed E-state index contributed by atoms with van der Waals surface area (Å²) in [5.74, 6) is 1.20. The molecular weight excluding hydrogens is 418 g/mol. The van der Waals surface area contributed by atoms with Crippen molar-refractivity contribution in [1.82, 2.24) is 4.90 Å². The van der Waals surface area contributed by atoms with Gasteiger partial charge in [0.1, 0.15) is 17.5 Å². The minimum absolute atomic E-state index is 0. The van der Waals surface area contributed by atoms with Gasteiger partial charge >= 0.3 is 0 Å². The molecule has 3 aromatic rings. The van der Waals surface area contributed by atoms with E-state index in [-0.39, 0.29) is 30.2 Å². The minimum atomic E-state index is -0.113. The van der Waals surface area contributed by atoms with Crippen molar-refractivity contribution in [2.45, 2.75) is 26.4 Å². The van der Waals surface area contributed by atoms with Gasteiger partial charge in [0.15, 0.2) is 11.5 Å². The molecule has 8 heteroatoms. The van der Waals surface area contributed by atoms with Gasteiger partial charge in [-0.2, -0.15) is 0 Å². The third kappa shape index (κ3) is 5.11. The molecule has 7 nitrogen and oxygen atoms in total. The lowest BCUT2D eigenvalue weighted by molar-refractivity contribution is -0.128. The Labute approximate surface area is 187 Å². The van der Waals surface area contributed by atoms with Crippen LogP contribution in [-0.4, -0.2) is 47.5 Å². The van der Waals surface area contributed by atoms with Gasteiger partial charge in [-0.15, -0.1) is 12.4 Å². The number of likely N-dealkylation sites (tertiary alicyclic amines) is 1. The first-order valence-corrected chi connectivity index (χ1v) is 10.1. The van der Waals surface area contributed by atoms with Crippen molar-refractivity contribution in [2.24, 2.45) is 4.99 Å². The summed E-state index contributed by atoms with van der Waals surface area (Å²) in [6, 6.07) is 13.0. The van der Waals surface area contributed by atoms with Crippen molar-refractivity contribution in [1.29, 1.82) is 0 Å². The van der Waals surface area contributed by atoms with E-state index in [0.29, 0.717) is 36.9 Å². The Morgan fingerprint density at radius 2 is 2.13 bits per heavy atom. The van der Waals surface area contributed by atoms with E-state index in [9.17, 15) is 9.90 Å². The van der Waals surface area contributed by atoms with E-state index < -0.39 is 0 Å². The Kier molecular flexibility index (Phi) is 7.07. The second-order valence-electron chi connectivity index (χ2n) is 7.30. The second-order valence-corrected chi connectivity index (χ2v) is 7.30. The Morgan fingerprint density at radius 3 is 2.84 bits per heavy atom. The molecule has 1 aliphatic heterocycles. The van der Waals surface area contributed by atoms with Crippen molar-refractivity contribution >= 4 is 40.8 Å². The third-order valence-corrected chi connectivity index (χ3v) is 5.15. The molecule has 2 heterocycles. The number of hydrogen-bond donors (Lipinski definition) is 2. The molecule has 1 atom stereocenters. The lowest BCUT2D eigenvalue weighted by Gasteiger charge is -2.17. The first-order valence-electron chi connectivity index (χ1n) is 10.1. The van der Waals surface area contributed by atoms with Gasteiger partial charge in [-0.1, -0.05) is 0 Å². The molecule has 1 amide bonds. The molecule has 0 aliphatic carbocycles. The SMILES string of the molecule is CCN=C(Nc1ccc(O[C@H]2CCN(C(C)=O)C2)c(O)c1)c1ccc2occc2c1.Cl. The van der Waals surface area contributed by atoms with Crippen LogP contribution < -0.4 is 10.1 Å². The topological polar surface area (TPSA) is 87.3 Å². The number of rotatable bonds is 5. The number of amidine groups is 1. The fourth-order valence-electron chi connectivity index (χ4n) is 3.60. The van der Waals surface area contributed by atoms with Crippen molar-refractivity contribution in [3.8, 4) is 11.5 Å². The summed E-state index contributed by atoms with van der Waals surface area (Å²) in [7, 11) is 0. The highest BCUT2D eigenvalue weighted by atomic mass is 35.5. The van der Waals surface area contributed by atoms with Gasteiger partial charge < -0.3 is 24.5 Å². The van der Waals surface area contributed by atoms with Gasteiger partial charge in [-0.25, -0.2) is 0 Å². The minimum Gasteiger partial charge on any atom is -0.504 e. The van der Waals surface area contributed by atoms with E-state index in [1.165, 1.54) is 0 Å². The quantitative estimate of drug-likeness (QED) is 0.449. The molecule has 1 aromatic heterocycles. The number of fused-ring (bicyclic) bond motifs is 1. The predicted molar refractivity (Wildman–Crippen MR) is 124 cm³/mol. The molecule has 0 unspecified atom stereocenters. The standard InChI is InChI=1S/C23H25N3O4.ClH/c1-3-24-23(17-4-6-21-16(12-17)9-11-29-21)25-18-5-7-22(20(28)13-18)30-19-8-10-26(14-19)15(2)27;/h4-7,9,11-13,19,28H,3,8,10,14H2,1-2H3,(H,24,25);1H/t19-;/m0./s1. The highest BCUT2D eigenvalue weighted by Gasteiger charge is 2.26. The van der Waals surface area contributed by atoms with Crippen LogP contribution in [0.25, 0.3) is 11.0 Å². The van der Waals surface area contributed by atoms with E-state index in [0.717, 1.165) is 23.0 Å². The molecule has 1 aliphatic rings. The molecule has 0 radical (unpaired) electrons. The molecule has 1 saturated heterocycles. The Hall–Kier alpha value is -3.19. The highest BCUT2D eigenvalue weighted by molar-refractivity contribution is 6.09. The average molecular weight is 444 g/mol. The zero-order valence-corrected chi connectivity index (χ0v) is 18.3. The van der Waals surface area contributed by atoms with Gasteiger partial charge in [-0.05, 0) is 43.3 Å². The van der Waals surface area contributed by atoms with Crippen molar-refractivity contribution in [3.63, 3.8) is 0 Å². The first-order chi connectivity index (χ1) is 14.5. The highest BCUT2D eigenvalue weighted by Crippen LogP contribution is 2.31. The summed E-state index contributed by atoms with van der Waals surface area (Å²) in [6.45, 7) is 5.36. The monoisotopic (exact) mass is 443 g/mol. The number of halogens is 1. The maximum Gasteiger partial charge on any atom is 0.219 e. The van der Waals surface area contributed by atoms with Crippen LogP contribution in [0.15, 0.2) is 58.1 Å². The number of phenols is 1. The number of aromatic hydroxyl groups is 1. The number of carbonyl (C=O) groups excluding carboxylic acids is 1.